The molecule has 1 aromatic carbocycles. The van der Waals surface area contributed by atoms with Crippen LogP contribution in [-0.4, -0.2) is 60.7 Å². The fraction of sp³-hybridized carbons (Fsp3) is 0.450. The Morgan fingerprint density at radius 1 is 1.14 bits per heavy atom. The van der Waals surface area contributed by atoms with E-state index in [-0.39, 0.29) is 11.7 Å². The Bertz CT molecular complexity index is 767. The van der Waals surface area contributed by atoms with Crippen LogP contribution in [0.3, 0.4) is 0 Å². The Labute approximate surface area is 165 Å². The van der Waals surface area contributed by atoms with E-state index in [4.69, 9.17) is 9.47 Å². The highest BCUT2D eigenvalue weighted by Crippen LogP contribution is 2.16. The molecule has 2 rings (SSSR count). The summed E-state index contributed by atoms with van der Waals surface area (Å²) in [6.45, 7) is 7.43. The van der Waals surface area contributed by atoms with Crippen molar-refractivity contribution in [1.82, 2.24) is 9.80 Å². The number of ether oxygens (including phenoxy) is 2. The maximum Gasteiger partial charge on any atom is 0.410 e. The number of hydrogen-bond donors (Lipinski definition) is 1. The number of nitrogens with one attached hydrogen (secondary N) is 1. The highest BCUT2D eigenvalue weighted by atomic mass is 16.6. The minimum absolute atomic E-state index is 0.00142. The lowest BCUT2D eigenvalue weighted by Crippen LogP contribution is -2.48. The van der Waals surface area contributed by atoms with E-state index in [1.807, 2.05) is 31.7 Å². The summed E-state index contributed by atoms with van der Waals surface area (Å²) in [5, 5.41) is 12.0. The van der Waals surface area contributed by atoms with Crippen LogP contribution in [-0.2, 0) is 9.53 Å². The van der Waals surface area contributed by atoms with Crippen LogP contribution < -0.4 is 10.1 Å². The quantitative estimate of drug-likeness (QED) is 0.631. The number of amides is 2. The van der Waals surface area contributed by atoms with Gasteiger partial charge in [-0.15, -0.1) is 0 Å². The Kier molecular flexibility index (Phi) is 6.88. The lowest BCUT2D eigenvalue weighted by Gasteiger charge is -2.35. The van der Waals surface area contributed by atoms with E-state index in [1.165, 1.54) is 6.20 Å². The first-order valence-electron chi connectivity index (χ1n) is 9.01. The van der Waals surface area contributed by atoms with Gasteiger partial charge < -0.3 is 24.6 Å². The molecule has 1 fully saturated rings. The third kappa shape index (κ3) is 6.20. The summed E-state index contributed by atoms with van der Waals surface area (Å²) < 4.78 is 10.4. The first-order chi connectivity index (χ1) is 13.2. The van der Waals surface area contributed by atoms with Crippen molar-refractivity contribution in [3.63, 3.8) is 0 Å². The van der Waals surface area contributed by atoms with E-state index >= 15 is 0 Å². The minimum Gasteiger partial charge on any atom is -0.497 e. The molecule has 150 valence electrons. The van der Waals surface area contributed by atoms with Gasteiger partial charge in [0.25, 0.3) is 5.91 Å². The number of hydrogen-bond acceptors (Lipinski definition) is 6. The molecule has 0 bridgehead atoms. The zero-order valence-electron chi connectivity index (χ0n) is 16.7. The summed E-state index contributed by atoms with van der Waals surface area (Å²) in [7, 11) is 1.56. The normalized spacial score (nSPS) is 14.9. The van der Waals surface area contributed by atoms with E-state index in [9.17, 15) is 14.9 Å². The Morgan fingerprint density at radius 3 is 2.25 bits per heavy atom. The van der Waals surface area contributed by atoms with Gasteiger partial charge in [-0.05, 0) is 45.0 Å². The molecule has 0 atom stereocenters. The van der Waals surface area contributed by atoms with Gasteiger partial charge in [0.05, 0.1) is 7.11 Å². The summed E-state index contributed by atoms with van der Waals surface area (Å²) in [5.41, 5.74) is 0.0324. The predicted molar refractivity (Wildman–Crippen MR) is 105 cm³/mol. The fourth-order valence-electron chi connectivity index (χ4n) is 2.55. The van der Waals surface area contributed by atoms with E-state index in [1.54, 1.807) is 36.3 Å². The number of anilines is 1. The van der Waals surface area contributed by atoms with Crippen molar-refractivity contribution in [3.05, 3.63) is 36.0 Å². The Hall–Kier alpha value is -3.21. The van der Waals surface area contributed by atoms with Gasteiger partial charge in [0.15, 0.2) is 0 Å². The molecule has 1 heterocycles. The molecule has 0 aromatic heterocycles. The zero-order chi connectivity index (χ0) is 20.7. The van der Waals surface area contributed by atoms with Crippen molar-refractivity contribution in [2.24, 2.45) is 0 Å². The van der Waals surface area contributed by atoms with Crippen molar-refractivity contribution in [1.29, 1.82) is 5.26 Å². The molecule has 1 N–H and O–H groups in total. The molecular formula is C20H26N4O4. The van der Waals surface area contributed by atoms with Crippen LogP contribution in [0.4, 0.5) is 10.5 Å². The molecule has 1 aromatic rings. The SMILES string of the molecule is COc1ccc(NC(=O)/C(C#N)=C\N2CCN(C(=O)OC(C)(C)C)CC2)cc1. The van der Waals surface area contributed by atoms with Crippen LogP contribution in [0.1, 0.15) is 20.8 Å². The molecule has 1 saturated heterocycles. The summed E-state index contributed by atoms with van der Waals surface area (Å²) in [6, 6.07) is 8.78. The topological polar surface area (TPSA) is 94.9 Å². The molecule has 1 aliphatic rings. The Morgan fingerprint density at radius 2 is 1.75 bits per heavy atom. The van der Waals surface area contributed by atoms with Crippen molar-refractivity contribution in [3.8, 4) is 11.8 Å². The number of piperazine rings is 1. The molecule has 28 heavy (non-hydrogen) atoms. The van der Waals surface area contributed by atoms with Gasteiger partial charge in [-0.3, -0.25) is 4.79 Å². The van der Waals surface area contributed by atoms with Crippen molar-refractivity contribution in [2.45, 2.75) is 26.4 Å². The van der Waals surface area contributed by atoms with Gasteiger partial charge in [0, 0.05) is 38.1 Å². The zero-order valence-corrected chi connectivity index (χ0v) is 16.7. The number of rotatable bonds is 4. The highest BCUT2D eigenvalue weighted by Gasteiger charge is 2.25. The van der Waals surface area contributed by atoms with Gasteiger partial charge in [-0.1, -0.05) is 0 Å². The highest BCUT2D eigenvalue weighted by molar-refractivity contribution is 6.06. The largest absolute Gasteiger partial charge is 0.497 e. The van der Waals surface area contributed by atoms with E-state index in [2.05, 4.69) is 5.32 Å². The van der Waals surface area contributed by atoms with Crippen LogP contribution in [0.5, 0.6) is 5.75 Å². The molecule has 8 heteroatoms. The standard InChI is InChI=1S/C20H26N4O4/c1-20(2,3)28-19(26)24-11-9-23(10-12-24)14-15(13-21)18(25)22-16-5-7-17(27-4)8-6-16/h5-8,14H,9-12H2,1-4H3,(H,22,25)/b15-14-. The molecule has 0 saturated carbocycles. The number of nitrogens with zero attached hydrogens (tertiary/aromatic N) is 3. The first kappa shape index (κ1) is 21.1. The molecule has 0 aliphatic carbocycles. The number of nitriles is 1. The van der Waals surface area contributed by atoms with E-state index in [0.717, 1.165) is 0 Å². The second-order valence-electron chi connectivity index (χ2n) is 7.34. The maximum atomic E-state index is 12.4. The molecule has 8 nitrogen and oxygen atoms in total. The Balaban J connectivity index is 1.93. The van der Waals surface area contributed by atoms with Crippen LogP contribution in [0.25, 0.3) is 0 Å². The van der Waals surface area contributed by atoms with Gasteiger partial charge >= 0.3 is 6.09 Å². The summed E-state index contributed by atoms with van der Waals surface area (Å²) in [6.07, 6.45) is 1.18. The number of benzene rings is 1. The second-order valence-corrected chi connectivity index (χ2v) is 7.34. The minimum atomic E-state index is -0.540. The van der Waals surface area contributed by atoms with Gasteiger partial charge in [-0.2, -0.15) is 5.26 Å². The summed E-state index contributed by atoms with van der Waals surface area (Å²) in [5.74, 6) is 0.194. The second kappa shape index (κ2) is 9.13. The molecule has 1 aliphatic heterocycles. The lowest BCUT2D eigenvalue weighted by atomic mass is 10.2. The summed E-state index contributed by atoms with van der Waals surface area (Å²) in [4.78, 5) is 27.9. The van der Waals surface area contributed by atoms with Crippen molar-refractivity contribution >= 4 is 17.7 Å². The monoisotopic (exact) mass is 386 g/mol. The third-order valence-corrected chi connectivity index (χ3v) is 3.99. The lowest BCUT2D eigenvalue weighted by molar-refractivity contribution is -0.112. The van der Waals surface area contributed by atoms with Crippen LogP contribution in [0.2, 0.25) is 0 Å². The molecule has 0 radical (unpaired) electrons. The molecule has 0 spiro atoms. The van der Waals surface area contributed by atoms with E-state index in [0.29, 0.717) is 37.6 Å². The molecule has 0 unspecified atom stereocenters. The average molecular weight is 386 g/mol. The average Bonchev–Trinajstić information content (AvgIpc) is 2.65. The van der Waals surface area contributed by atoms with Crippen molar-refractivity contribution < 1.29 is 19.1 Å². The molecule has 2 amide bonds. The van der Waals surface area contributed by atoms with Crippen LogP contribution >= 0.6 is 0 Å². The van der Waals surface area contributed by atoms with Crippen LogP contribution in [0, 0.1) is 11.3 Å². The summed E-state index contributed by atoms with van der Waals surface area (Å²) >= 11 is 0. The van der Waals surface area contributed by atoms with Gasteiger partial charge in [0.1, 0.15) is 23.0 Å². The maximum absolute atomic E-state index is 12.4. The first-order valence-corrected chi connectivity index (χ1v) is 9.01. The van der Waals surface area contributed by atoms with Crippen LogP contribution in [0.15, 0.2) is 36.0 Å². The number of carbonyl (C=O) groups is 2. The van der Waals surface area contributed by atoms with Gasteiger partial charge in [-0.25, -0.2) is 4.79 Å². The number of carbonyl (C=O) groups excluding carboxylic acids is 2. The number of methoxy groups -OCH3 is 1. The third-order valence-electron chi connectivity index (χ3n) is 3.99. The smallest absolute Gasteiger partial charge is 0.410 e. The van der Waals surface area contributed by atoms with Gasteiger partial charge in [0.2, 0.25) is 0 Å². The van der Waals surface area contributed by atoms with E-state index < -0.39 is 11.5 Å². The fourth-order valence-corrected chi connectivity index (χ4v) is 2.55. The van der Waals surface area contributed by atoms with Crippen molar-refractivity contribution in [2.75, 3.05) is 38.6 Å². The molecular weight excluding hydrogens is 360 g/mol. The predicted octanol–water partition coefficient (Wildman–Crippen LogP) is 2.59.